The van der Waals surface area contributed by atoms with Crippen LogP contribution in [0.3, 0.4) is 0 Å². The first-order valence-electron chi connectivity index (χ1n) is 8.46. The Kier molecular flexibility index (Phi) is 7.65. The highest BCUT2D eigenvalue weighted by molar-refractivity contribution is 5.85. The molecule has 2 rings (SSSR count). The van der Waals surface area contributed by atoms with Crippen LogP contribution in [0.4, 0.5) is 0 Å². The Morgan fingerprint density at radius 1 is 1.12 bits per heavy atom. The maximum absolute atomic E-state index is 12.5. The molecule has 4 heteroatoms. The lowest BCUT2D eigenvalue weighted by molar-refractivity contribution is -0.125. The van der Waals surface area contributed by atoms with Gasteiger partial charge in [0.2, 0.25) is 5.91 Å². The Morgan fingerprint density at radius 2 is 1.76 bits per heavy atom. The number of rotatable bonds is 6. The van der Waals surface area contributed by atoms with Crippen molar-refractivity contribution < 1.29 is 4.79 Å². The smallest absolute Gasteiger partial charge is 0.224 e. The van der Waals surface area contributed by atoms with Gasteiger partial charge in [-0.2, -0.15) is 0 Å². The molecule has 3 nitrogen and oxygen atoms in total. The number of carbonyl (C=O) groups is 1. The van der Waals surface area contributed by atoms with E-state index in [-0.39, 0.29) is 35.7 Å². The number of amides is 1. The minimum absolute atomic E-state index is 0. The van der Waals surface area contributed by atoms with Crippen molar-refractivity contribution in [2.24, 2.45) is 11.7 Å². The van der Waals surface area contributed by atoms with Crippen molar-refractivity contribution in [1.29, 1.82) is 0 Å². The molecule has 1 amide bonds. The molecule has 0 saturated heterocycles. The van der Waals surface area contributed by atoms with Crippen molar-refractivity contribution in [3.63, 3.8) is 0 Å². The van der Waals surface area contributed by atoms with Gasteiger partial charge < -0.3 is 11.1 Å². The van der Waals surface area contributed by atoms with Crippen LogP contribution in [0.15, 0.2) is 54.6 Å². The molecule has 0 aliphatic heterocycles. The first-order valence-corrected chi connectivity index (χ1v) is 8.46. The van der Waals surface area contributed by atoms with Crippen molar-refractivity contribution in [3.8, 4) is 0 Å². The van der Waals surface area contributed by atoms with Crippen LogP contribution in [-0.4, -0.2) is 12.5 Å². The Labute approximate surface area is 157 Å². The van der Waals surface area contributed by atoms with Crippen LogP contribution in [0.2, 0.25) is 0 Å². The molecule has 136 valence electrons. The van der Waals surface area contributed by atoms with Gasteiger partial charge in [-0.15, -0.1) is 12.4 Å². The summed E-state index contributed by atoms with van der Waals surface area (Å²) in [6.07, 6.45) is 0. The second-order valence-corrected chi connectivity index (χ2v) is 7.20. The summed E-state index contributed by atoms with van der Waals surface area (Å²) in [5.41, 5.74) is 9.56. The molecule has 2 atom stereocenters. The summed E-state index contributed by atoms with van der Waals surface area (Å²) in [7, 11) is 0. The fourth-order valence-corrected chi connectivity index (χ4v) is 2.76. The molecule has 0 saturated carbocycles. The summed E-state index contributed by atoms with van der Waals surface area (Å²) < 4.78 is 0. The van der Waals surface area contributed by atoms with E-state index < -0.39 is 0 Å². The van der Waals surface area contributed by atoms with Crippen LogP contribution in [0, 0.1) is 12.8 Å². The lowest BCUT2D eigenvalue weighted by Crippen LogP contribution is -2.41. The third-order valence-corrected chi connectivity index (χ3v) is 4.64. The zero-order chi connectivity index (χ0) is 17.7. The Morgan fingerprint density at radius 3 is 2.36 bits per heavy atom. The Bertz CT molecular complexity index is 685. The van der Waals surface area contributed by atoms with Gasteiger partial charge in [0.25, 0.3) is 0 Å². The van der Waals surface area contributed by atoms with Gasteiger partial charge in [-0.3, -0.25) is 4.79 Å². The fraction of sp³-hybridized carbons (Fsp3) is 0.381. The molecule has 0 fully saturated rings. The molecular weight excluding hydrogens is 332 g/mol. The topological polar surface area (TPSA) is 55.1 Å². The van der Waals surface area contributed by atoms with E-state index in [1.54, 1.807) is 0 Å². The SMILES string of the molecule is Cc1cccc(C(C)(C)CNC(=O)C(C)C(N)c2ccccc2)c1.Cl. The molecule has 0 aliphatic rings. The zero-order valence-corrected chi connectivity index (χ0v) is 16.3. The molecule has 2 aromatic rings. The van der Waals surface area contributed by atoms with E-state index in [0.29, 0.717) is 6.54 Å². The van der Waals surface area contributed by atoms with Crippen LogP contribution in [0.25, 0.3) is 0 Å². The van der Waals surface area contributed by atoms with E-state index in [0.717, 1.165) is 5.56 Å². The molecule has 3 N–H and O–H groups in total. The lowest BCUT2D eigenvalue weighted by atomic mass is 9.83. The molecule has 0 heterocycles. The van der Waals surface area contributed by atoms with Crippen molar-refractivity contribution in [1.82, 2.24) is 5.32 Å². The zero-order valence-electron chi connectivity index (χ0n) is 15.5. The van der Waals surface area contributed by atoms with E-state index in [1.807, 2.05) is 37.3 Å². The van der Waals surface area contributed by atoms with Gasteiger partial charge in [-0.25, -0.2) is 0 Å². The number of hydrogen-bond acceptors (Lipinski definition) is 2. The van der Waals surface area contributed by atoms with Crippen molar-refractivity contribution in [3.05, 3.63) is 71.3 Å². The lowest BCUT2D eigenvalue weighted by Gasteiger charge is -2.28. The molecule has 0 aromatic heterocycles. The quantitative estimate of drug-likeness (QED) is 0.813. The Hall–Kier alpha value is -1.84. The van der Waals surface area contributed by atoms with Crippen LogP contribution < -0.4 is 11.1 Å². The third-order valence-electron chi connectivity index (χ3n) is 4.64. The van der Waals surface area contributed by atoms with E-state index in [9.17, 15) is 4.79 Å². The predicted octanol–water partition coefficient (Wildman–Crippen LogP) is 4.15. The third kappa shape index (κ3) is 5.58. The van der Waals surface area contributed by atoms with Gasteiger partial charge >= 0.3 is 0 Å². The van der Waals surface area contributed by atoms with Crippen molar-refractivity contribution in [2.75, 3.05) is 6.54 Å². The van der Waals surface area contributed by atoms with Gasteiger partial charge in [-0.05, 0) is 18.1 Å². The van der Waals surface area contributed by atoms with Gasteiger partial charge in [0.1, 0.15) is 0 Å². The first-order chi connectivity index (χ1) is 11.3. The highest BCUT2D eigenvalue weighted by Gasteiger charge is 2.26. The fourth-order valence-electron chi connectivity index (χ4n) is 2.76. The van der Waals surface area contributed by atoms with Crippen molar-refractivity contribution >= 4 is 18.3 Å². The maximum atomic E-state index is 12.5. The Balaban J connectivity index is 0.00000312. The summed E-state index contributed by atoms with van der Waals surface area (Å²) in [5.74, 6) is -0.284. The molecule has 0 bridgehead atoms. The van der Waals surface area contributed by atoms with Gasteiger partial charge in [0, 0.05) is 18.0 Å². The molecule has 0 radical (unpaired) electrons. The number of aryl methyl sites for hydroxylation is 1. The predicted molar refractivity (Wildman–Crippen MR) is 107 cm³/mol. The van der Waals surface area contributed by atoms with Crippen molar-refractivity contribution in [2.45, 2.75) is 39.2 Å². The molecule has 2 unspecified atom stereocenters. The van der Waals surface area contributed by atoms with E-state index in [1.165, 1.54) is 11.1 Å². The van der Waals surface area contributed by atoms with E-state index >= 15 is 0 Å². The average Bonchev–Trinajstić information content (AvgIpc) is 2.59. The highest BCUT2D eigenvalue weighted by Crippen LogP contribution is 2.24. The second kappa shape index (κ2) is 9.02. The van der Waals surface area contributed by atoms with Crippen LogP contribution in [0.5, 0.6) is 0 Å². The molecular formula is C21H29ClN2O. The summed E-state index contributed by atoms with van der Waals surface area (Å²) in [6.45, 7) is 8.83. The average molecular weight is 361 g/mol. The van der Waals surface area contributed by atoms with Crippen LogP contribution >= 0.6 is 12.4 Å². The summed E-state index contributed by atoms with van der Waals surface area (Å²) in [6, 6.07) is 17.9. The number of hydrogen-bond donors (Lipinski definition) is 2. The van der Waals surface area contributed by atoms with E-state index in [4.69, 9.17) is 5.73 Å². The summed E-state index contributed by atoms with van der Waals surface area (Å²) >= 11 is 0. The number of nitrogens with two attached hydrogens (primary N) is 1. The number of nitrogens with one attached hydrogen (secondary N) is 1. The number of carbonyl (C=O) groups excluding carboxylic acids is 1. The minimum atomic E-state index is -0.298. The standard InChI is InChI=1S/C21H28N2O.ClH/c1-15-9-8-12-18(13-15)21(3,4)14-23-20(24)16(2)19(22)17-10-6-5-7-11-17;/h5-13,16,19H,14,22H2,1-4H3,(H,23,24);1H. The highest BCUT2D eigenvalue weighted by atomic mass is 35.5. The molecule has 0 spiro atoms. The molecule has 0 aliphatic carbocycles. The van der Waals surface area contributed by atoms with Gasteiger partial charge in [0.05, 0.1) is 5.92 Å². The second-order valence-electron chi connectivity index (χ2n) is 7.20. The summed E-state index contributed by atoms with van der Waals surface area (Å²) in [4.78, 5) is 12.5. The molecule has 2 aromatic carbocycles. The largest absolute Gasteiger partial charge is 0.355 e. The van der Waals surface area contributed by atoms with Crippen LogP contribution in [-0.2, 0) is 10.2 Å². The van der Waals surface area contributed by atoms with Crippen LogP contribution in [0.1, 0.15) is 43.5 Å². The monoisotopic (exact) mass is 360 g/mol. The summed E-state index contributed by atoms with van der Waals surface area (Å²) in [5, 5.41) is 3.07. The van der Waals surface area contributed by atoms with E-state index in [2.05, 4.69) is 50.4 Å². The maximum Gasteiger partial charge on any atom is 0.224 e. The van der Waals surface area contributed by atoms with Gasteiger partial charge in [-0.1, -0.05) is 80.9 Å². The molecule has 25 heavy (non-hydrogen) atoms. The minimum Gasteiger partial charge on any atom is -0.355 e. The van der Waals surface area contributed by atoms with Gasteiger partial charge in [0.15, 0.2) is 0 Å². The first kappa shape index (κ1) is 21.2. The normalized spacial score (nSPS) is 13.5. The number of benzene rings is 2. The number of halogens is 1.